The molecule has 0 spiro atoms. The van der Waals surface area contributed by atoms with Gasteiger partial charge in [0.15, 0.2) is 9.84 Å². The zero-order valence-corrected chi connectivity index (χ0v) is 12.8. The summed E-state index contributed by atoms with van der Waals surface area (Å²) >= 11 is 0. The molecule has 112 valence electrons. The van der Waals surface area contributed by atoms with E-state index < -0.39 is 9.84 Å². The lowest BCUT2D eigenvalue weighted by molar-refractivity contribution is 0.602. The zero-order valence-electron chi connectivity index (χ0n) is 12.0. The van der Waals surface area contributed by atoms with Crippen molar-refractivity contribution < 1.29 is 8.42 Å². The molecule has 0 unspecified atom stereocenters. The van der Waals surface area contributed by atoms with Crippen LogP contribution in [0.25, 0.3) is 0 Å². The van der Waals surface area contributed by atoms with Crippen LogP contribution < -0.4 is 10.6 Å². The molecule has 0 aliphatic carbocycles. The standard InChI is InChI=1S/C14H18N4O2S/c1-3-15-14-16-9-8-13(18-14)17-10-11-4-6-12(7-5-11)21(2,19)20/h4-9H,3,10H2,1-2H3,(H2,15,16,17,18). The highest BCUT2D eigenvalue weighted by molar-refractivity contribution is 7.90. The fraction of sp³-hybridized carbons (Fsp3) is 0.286. The first-order valence-electron chi connectivity index (χ1n) is 6.59. The molecule has 2 N–H and O–H groups in total. The smallest absolute Gasteiger partial charge is 0.224 e. The van der Waals surface area contributed by atoms with Gasteiger partial charge in [0.05, 0.1) is 4.90 Å². The third-order valence-electron chi connectivity index (χ3n) is 2.82. The normalized spacial score (nSPS) is 11.1. The molecule has 0 saturated carbocycles. The molecular formula is C14H18N4O2S. The first-order valence-corrected chi connectivity index (χ1v) is 8.48. The van der Waals surface area contributed by atoms with Crippen molar-refractivity contribution in [3.05, 3.63) is 42.1 Å². The van der Waals surface area contributed by atoms with Crippen LogP contribution in [-0.4, -0.2) is 31.2 Å². The summed E-state index contributed by atoms with van der Waals surface area (Å²) in [4.78, 5) is 8.72. The molecule has 0 radical (unpaired) electrons. The summed E-state index contributed by atoms with van der Waals surface area (Å²) in [6, 6.07) is 8.57. The first kappa shape index (κ1) is 15.2. The Morgan fingerprint density at radius 3 is 2.43 bits per heavy atom. The Kier molecular flexibility index (Phi) is 4.74. The van der Waals surface area contributed by atoms with Crippen molar-refractivity contribution in [1.82, 2.24) is 9.97 Å². The maximum absolute atomic E-state index is 11.4. The van der Waals surface area contributed by atoms with Crippen LogP contribution in [0.1, 0.15) is 12.5 Å². The van der Waals surface area contributed by atoms with Gasteiger partial charge < -0.3 is 10.6 Å². The van der Waals surface area contributed by atoms with E-state index in [0.717, 1.165) is 12.1 Å². The molecule has 7 heteroatoms. The molecule has 0 aliphatic rings. The Bertz CT molecular complexity index is 699. The maximum atomic E-state index is 11.4. The second kappa shape index (κ2) is 6.53. The van der Waals surface area contributed by atoms with Crippen molar-refractivity contribution in [1.29, 1.82) is 0 Å². The van der Waals surface area contributed by atoms with Crippen LogP contribution >= 0.6 is 0 Å². The molecule has 0 saturated heterocycles. The zero-order chi connectivity index (χ0) is 15.3. The third-order valence-corrected chi connectivity index (χ3v) is 3.94. The van der Waals surface area contributed by atoms with Gasteiger partial charge in [-0.1, -0.05) is 12.1 Å². The predicted molar refractivity (Wildman–Crippen MR) is 83.1 cm³/mol. The topological polar surface area (TPSA) is 84.0 Å². The van der Waals surface area contributed by atoms with Crippen LogP contribution in [0.4, 0.5) is 11.8 Å². The number of benzene rings is 1. The van der Waals surface area contributed by atoms with Crippen molar-refractivity contribution >= 4 is 21.6 Å². The van der Waals surface area contributed by atoms with Crippen LogP contribution in [0.3, 0.4) is 0 Å². The summed E-state index contributed by atoms with van der Waals surface area (Å²) in [6.07, 6.45) is 2.88. The second-order valence-corrected chi connectivity index (χ2v) is 6.58. The van der Waals surface area contributed by atoms with E-state index >= 15 is 0 Å². The predicted octanol–water partition coefficient (Wildman–Crippen LogP) is 1.92. The van der Waals surface area contributed by atoms with E-state index in [-0.39, 0.29) is 0 Å². The fourth-order valence-electron chi connectivity index (χ4n) is 1.75. The second-order valence-electron chi connectivity index (χ2n) is 4.57. The molecule has 0 aliphatic heterocycles. The van der Waals surface area contributed by atoms with Crippen molar-refractivity contribution in [3.8, 4) is 0 Å². The highest BCUT2D eigenvalue weighted by atomic mass is 32.2. The van der Waals surface area contributed by atoms with E-state index in [1.54, 1.807) is 36.5 Å². The number of aromatic nitrogens is 2. The average molecular weight is 306 g/mol. The van der Waals surface area contributed by atoms with Gasteiger partial charge in [0.25, 0.3) is 0 Å². The molecule has 2 aromatic rings. The summed E-state index contributed by atoms with van der Waals surface area (Å²) in [7, 11) is -3.15. The van der Waals surface area contributed by atoms with Gasteiger partial charge >= 0.3 is 0 Å². The Hall–Kier alpha value is -2.15. The van der Waals surface area contributed by atoms with E-state index in [2.05, 4.69) is 20.6 Å². The monoisotopic (exact) mass is 306 g/mol. The van der Waals surface area contributed by atoms with Crippen LogP contribution in [0.2, 0.25) is 0 Å². The molecule has 1 heterocycles. The molecule has 1 aromatic heterocycles. The molecule has 2 rings (SSSR count). The Balaban J connectivity index is 2.01. The molecule has 1 aromatic carbocycles. The minimum absolute atomic E-state index is 0.322. The quantitative estimate of drug-likeness (QED) is 0.848. The van der Waals surface area contributed by atoms with Gasteiger partial charge in [0, 0.05) is 25.5 Å². The van der Waals surface area contributed by atoms with Crippen molar-refractivity contribution in [2.24, 2.45) is 0 Å². The van der Waals surface area contributed by atoms with Crippen molar-refractivity contribution in [2.45, 2.75) is 18.4 Å². The molecule has 0 amide bonds. The molecule has 0 bridgehead atoms. The van der Waals surface area contributed by atoms with E-state index in [4.69, 9.17) is 0 Å². The van der Waals surface area contributed by atoms with E-state index in [1.807, 2.05) is 6.92 Å². The molecule has 21 heavy (non-hydrogen) atoms. The fourth-order valence-corrected chi connectivity index (χ4v) is 2.38. The third kappa shape index (κ3) is 4.42. The van der Waals surface area contributed by atoms with Crippen LogP contribution in [0.5, 0.6) is 0 Å². The largest absolute Gasteiger partial charge is 0.366 e. The summed E-state index contributed by atoms with van der Waals surface area (Å²) in [5, 5.41) is 6.22. The SMILES string of the molecule is CCNc1nccc(NCc2ccc(S(C)(=O)=O)cc2)n1. The van der Waals surface area contributed by atoms with Gasteiger partial charge in [-0.15, -0.1) is 0 Å². The van der Waals surface area contributed by atoms with Crippen molar-refractivity contribution in [2.75, 3.05) is 23.4 Å². The number of nitrogens with one attached hydrogen (secondary N) is 2. The molecule has 0 atom stereocenters. The van der Waals surface area contributed by atoms with E-state index in [0.29, 0.717) is 23.2 Å². The van der Waals surface area contributed by atoms with Crippen molar-refractivity contribution in [3.63, 3.8) is 0 Å². The lowest BCUT2D eigenvalue weighted by Crippen LogP contribution is -2.06. The van der Waals surface area contributed by atoms with Gasteiger partial charge in [-0.05, 0) is 30.7 Å². The first-order chi connectivity index (χ1) is 9.99. The van der Waals surface area contributed by atoms with Crippen LogP contribution in [0, 0.1) is 0 Å². The number of hydrogen-bond acceptors (Lipinski definition) is 6. The van der Waals surface area contributed by atoms with Gasteiger partial charge in [-0.2, -0.15) is 4.98 Å². The summed E-state index contributed by atoms with van der Waals surface area (Å²) in [6.45, 7) is 3.30. The Morgan fingerprint density at radius 2 is 1.81 bits per heavy atom. The number of sulfone groups is 1. The average Bonchev–Trinajstić information content (AvgIpc) is 2.45. The van der Waals surface area contributed by atoms with Gasteiger partial charge in [-0.3, -0.25) is 0 Å². The molecular weight excluding hydrogens is 288 g/mol. The van der Waals surface area contributed by atoms with E-state index in [1.165, 1.54) is 6.26 Å². The number of rotatable bonds is 6. The van der Waals surface area contributed by atoms with Gasteiger partial charge in [-0.25, -0.2) is 13.4 Å². The molecule has 6 nitrogen and oxygen atoms in total. The summed E-state index contributed by atoms with van der Waals surface area (Å²) < 4.78 is 22.8. The number of anilines is 2. The van der Waals surface area contributed by atoms with E-state index in [9.17, 15) is 8.42 Å². The lowest BCUT2D eigenvalue weighted by Gasteiger charge is -2.08. The highest BCUT2D eigenvalue weighted by Gasteiger charge is 2.06. The number of hydrogen-bond donors (Lipinski definition) is 2. The summed E-state index contributed by atoms with van der Waals surface area (Å²) in [5.74, 6) is 1.29. The minimum Gasteiger partial charge on any atom is -0.366 e. The maximum Gasteiger partial charge on any atom is 0.224 e. The van der Waals surface area contributed by atoms with Gasteiger partial charge in [0.2, 0.25) is 5.95 Å². The molecule has 0 fully saturated rings. The number of nitrogens with zero attached hydrogens (tertiary/aromatic N) is 2. The van der Waals surface area contributed by atoms with Crippen LogP contribution in [0.15, 0.2) is 41.4 Å². The van der Waals surface area contributed by atoms with Gasteiger partial charge in [0.1, 0.15) is 5.82 Å². The summed E-state index contributed by atoms with van der Waals surface area (Å²) in [5.41, 5.74) is 0.978. The Labute approximate surface area is 124 Å². The van der Waals surface area contributed by atoms with Crippen LogP contribution in [-0.2, 0) is 16.4 Å². The Morgan fingerprint density at radius 1 is 1.10 bits per heavy atom. The highest BCUT2D eigenvalue weighted by Crippen LogP contribution is 2.12. The lowest BCUT2D eigenvalue weighted by atomic mass is 10.2. The minimum atomic E-state index is -3.15.